The Bertz CT molecular complexity index is 656. The van der Waals surface area contributed by atoms with Crippen LogP contribution >= 0.6 is 30.3 Å². The number of benzene rings is 2. The first-order valence-corrected chi connectivity index (χ1v) is 10.2. The normalized spacial score (nSPS) is 16.9. The highest BCUT2D eigenvalue weighted by Crippen LogP contribution is 2.44. The second-order valence-electron chi connectivity index (χ2n) is 5.41. The van der Waals surface area contributed by atoms with Crippen LogP contribution in [0, 0.1) is 6.92 Å². The molecule has 21 heavy (non-hydrogen) atoms. The molecule has 1 heterocycles. The van der Waals surface area contributed by atoms with Crippen LogP contribution in [0.4, 0.5) is 5.69 Å². The number of rotatable bonds is 4. The van der Waals surface area contributed by atoms with E-state index in [0.29, 0.717) is 5.92 Å². The van der Waals surface area contributed by atoms with Gasteiger partial charge in [-0.1, -0.05) is 42.0 Å². The van der Waals surface area contributed by atoms with Gasteiger partial charge in [0, 0.05) is 48.4 Å². The Balaban J connectivity index is 1.95. The zero-order valence-electron chi connectivity index (χ0n) is 11.8. The highest BCUT2D eigenvalue weighted by atomic mass is 127. The van der Waals surface area contributed by atoms with Crippen molar-refractivity contribution in [2.45, 2.75) is 19.3 Å². The number of anilines is 1. The van der Waals surface area contributed by atoms with Crippen LogP contribution in [-0.2, 0) is 6.42 Å². The summed E-state index contributed by atoms with van der Waals surface area (Å²) in [7, 11) is 1.70. The van der Waals surface area contributed by atoms with E-state index in [1.165, 1.54) is 22.4 Å². The zero-order valence-corrected chi connectivity index (χ0v) is 14.7. The van der Waals surface area contributed by atoms with E-state index in [0.717, 1.165) is 24.8 Å². The third-order valence-corrected chi connectivity index (χ3v) is 5.93. The molecule has 2 nitrogen and oxygen atoms in total. The van der Waals surface area contributed by atoms with Crippen molar-refractivity contribution in [3.05, 3.63) is 64.7 Å². The molecule has 3 rings (SSSR count). The SMILES string of the molecule is Cc1ccc(C[C@H]2CN(SI)c3cccc(C=O)c32)cc1. The Morgan fingerprint density at radius 2 is 2.05 bits per heavy atom. The molecule has 0 saturated carbocycles. The van der Waals surface area contributed by atoms with Gasteiger partial charge in [0.05, 0.1) is 5.69 Å². The molecule has 0 fully saturated rings. The number of halogens is 1. The highest BCUT2D eigenvalue weighted by molar-refractivity contribution is 14.2. The summed E-state index contributed by atoms with van der Waals surface area (Å²) >= 11 is 2.31. The minimum absolute atomic E-state index is 0.381. The fourth-order valence-corrected chi connectivity index (χ4v) is 4.55. The van der Waals surface area contributed by atoms with Gasteiger partial charge in [0.15, 0.2) is 0 Å². The Morgan fingerprint density at radius 3 is 2.71 bits per heavy atom. The van der Waals surface area contributed by atoms with E-state index >= 15 is 0 Å². The molecule has 2 aromatic rings. The predicted octanol–water partition coefficient (Wildman–Crippen LogP) is 4.95. The Labute approximate surface area is 141 Å². The van der Waals surface area contributed by atoms with Gasteiger partial charge in [0.1, 0.15) is 6.29 Å². The monoisotopic (exact) mass is 409 g/mol. The van der Waals surface area contributed by atoms with Gasteiger partial charge in [0.25, 0.3) is 0 Å². The number of carbonyl (C=O) groups is 1. The molecule has 0 aromatic heterocycles. The van der Waals surface area contributed by atoms with Gasteiger partial charge in [-0.2, -0.15) is 0 Å². The fourth-order valence-electron chi connectivity index (χ4n) is 2.97. The molecule has 0 bridgehead atoms. The first-order valence-electron chi connectivity index (χ1n) is 6.93. The lowest BCUT2D eigenvalue weighted by molar-refractivity contribution is 0.112. The number of hydrogen-bond acceptors (Lipinski definition) is 3. The average molecular weight is 409 g/mol. The maximum absolute atomic E-state index is 11.4. The maximum atomic E-state index is 11.4. The minimum atomic E-state index is 0.381. The predicted molar refractivity (Wildman–Crippen MR) is 98.4 cm³/mol. The molecule has 2 aromatic carbocycles. The lowest BCUT2D eigenvalue weighted by Crippen LogP contribution is -2.12. The summed E-state index contributed by atoms with van der Waals surface area (Å²) in [6, 6.07) is 14.7. The molecule has 0 spiro atoms. The van der Waals surface area contributed by atoms with E-state index in [9.17, 15) is 4.79 Å². The van der Waals surface area contributed by atoms with Crippen molar-refractivity contribution in [1.82, 2.24) is 0 Å². The van der Waals surface area contributed by atoms with Crippen molar-refractivity contribution < 1.29 is 4.79 Å². The van der Waals surface area contributed by atoms with Crippen LogP contribution in [0.1, 0.15) is 33.0 Å². The molecule has 1 aliphatic rings. The second-order valence-corrected chi connectivity index (χ2v) is 7.18. The quantitative estimate of drug-likeness (QED) is 0.405. The molecule has 1 atom stereocenters. The van der Waals surface area contributed by atoms with Gasteiger partial charge in [-0.05, 0) is 30.5 Å². The lowest BCUT2D eigenvalue weighted by Gasteiger charge is -2.14. The third kappa shape index (κ3) is 2.97. The Hall–Kier alpha value is -1.01. The largest absolute Gasteiger partial charge is 0.307 e. The Morgan fingerprint density at radius 1 is 1.29 bits per heavy atom. The molecular formula is C17H16INOS. The average Bonchev–Trinajstić information content (AvgIpc) is 2.87. The molecule has 0 amide bonds. The molecule has 0 saturated heterocycles. The van der Waals surface area contributed by atoms with Crippen molar-refractivity contribution >= 4 is 42.3 Å². The van der Waals surface area contributed by atoms with Crippen molar-refractivity contribution in [2.24, 2.45) is 0 Å². The van der Waals surface area contributed by atoms with Gasteiger partial charge < -0.3 is 4.31 Å². The van der Waals surface area contributed by atoms with Crippen molar-refractivity contribution in [2.75, 3.05) is 10.8 Å². The minimum Gasteiger partial charge on any atom is -0.307 e. The zero-order chi connectivity index (χ0) is 14.8. The molecule has 1 aliphatic heterocycles. The summed E-state index contributed by atoms with van der Waals surface area (Å²) in [6.45, 7) is 3.06. The van der Waals surface area contributed by atoms with Gasteiger partial charge in [-0.25, -0.2) is 0 Å². The number of fused-ring (bicyclic) bond motifs is 1. The summed E-state index contributed by atoms with van der Waals surface area (Å²) in [4.78, 5) is 11.4. The number of aryl methyl sites for hydroxylation is 1. The Kier molecular flexibility index (Phi) is 4.54. The molecular weight excluding hydrogens is 393 g/mol. The first-order chi connectivity index (χ1) is 10.2. The maximum Gasteiger partial charge on any atom is 0.150 e. The van der Waals surface area contributed by atoms with E-state index in [1.54, 1.807) is 9.12 Å². The van der Waals surface area contributed by atoms with Crippen LogP contribution in [0.3, 0.4) is 0 Å². The molecule has 0 radical (unpaired) electrons. The summed E-state index contributed by atoms with van der Waals surface area (Å²) in [5.41, 5.74) is 5.84. The van der Waals surface area contributed by atoms with Crippen LogP contribution < -0.4 is 4.31 Å². The standard InChI is InChI=1S/C17H16INOS/c1-12-5-7-13(8-6-12)9-15-10-19(21-18)16-4-2-3-14(11-20)17(15)16/h2-8,11,15H,9-10H2,1H3/t15-/m0/s1. The van der Waals surface area contributed by atoms with Gasteiger partial charge in [-0.3, -0.25) is 4.79 Å². The lowest BCUT2D eigenvalue weighted by atomic mass is 9.90. The van der Waals surface area contributed by atoms with Crippen LogP contribution in [0.15, 0.2) is 42.5 Å². The second kappa shape index (κ2) is 6.40. The molecule has 108 valence electrons. The fraction of sp³-hybridized carbons (Fsp3) is 0.235. The van der Waals surface area contributed by atoms with E-state index in [-0.39, 0.29) is 0 Å². The van der Waals surface area contributed by atoms with Gasteiger partial charge in [-0.15, -0.1) is 0 Å². The highest BCUT2D eigenvalue weighted by Gasteiger charge is 2.31. The number of hydrogen-bond donors (Lipinski definition) is 0. The van der Waals surface area contributed by atoms with E-state index < -0.39 is 0 Å². The van der Waals surface area contributed by atoms with Crippen molar-refractivity contribution in [1.29, 1.82) is 0 Å². The molecule has 0 N–H and O–H groups in total. The number of nitrogens with zero attached hydrogens (tertiary/aromatic N) is 1. The number of carbonyl (C=O) groups excluding carboxylic acids is 1. The van der Waals surface area contributed by atoms with Crippen LogP contribution in [-0.4, -0.2) is 12.8 Å². The first kappa shape index (κ1) is 14.9. The van der Waals surface area contributed by atoms with Crippen LogP contribution in [0.25, 0.3) is 0 Å². The number of aldehydes is 1. The van der Waals surface area contributed by atoms with Crippen LogP contribution in [0.5, 0.6) is 0 Å². The molecule has 0 unspecified atom stereocenters. The van der Waals surface area contributed by atoms with Gasteiger partial charge >= 0.3 is 0 Å². The summed E-state index contributed by atoms with van der Waals surface area (Å²) in [5.74, 6) is 0.381. The summed E-state index contributed by atoms with van der Waals surface area (Å²) in [6.07, 6.45) is 1.97. The molecule has 0 aliphatic carbocycles. The van der Waals surface area contributed by atoms with Gasteiger partial charge in [0.2, 0.25) is 0 Å². The smallest absolute Gasteiger partial charge is 0.150 e. The van der Waals surface area contributed by atoms with E-state index in [1.807, 2.05) is 12.1 Å². The van der Waals surface area contributed by atoms with E-state index in [4.69, 9.17) is 0 Å². The van der Waals surface area contributed by atoms with Crippen molar-refractivity contribution in [3.63, 3.8) is 0 Å². The summed E-state index contributed by atoms with van der Waals surface area (Å²) in [5, 5.41) is 0. The molecule has 4 heteroatoms. The topological polar surface area (TPSA) is 20.3 Å². The third-order valence-electron chi connectivity index (χ3n) is 3.99. The van der Waals surface area contributed by atoms with Crippen molar-refractivity contribution in [3.8, 4) is 0 Å². The van der Waals surface area contributed by atoms with Crippen LogP contribution in [0.2, 0.25) is 0 Å². The van der Waals surface area contributed by atoms with E-state index in [2.05, 4.69) is 62.8 Å². The summed E-state index contributed by atoms with van der Waals surface area (Å²) < 4.78 is 2.28.